The van der Waals surface area contributed by atoms with Crippen molar-refractivity contribution in [1.82, 2.24) is 5.32 Å². The maximum Gasteiger partial charge on any atom is 0.329 e. The molecule has 1 heterocycles. The van der Waals surface area contributed by atoms with Crippen LogP contribution in [0.25, 0.3) is 10.8 Å². The van der Waals surface area contributed by atoms with Gasteiger partial charge in [0.25, 0.3) is 0 Å². The lowest BCUT2D eigenvalue weighted by Gasteiger charge is -2.19. The van der Waals surface area contributed by atoms with Crippen LogP contribution < -0.4 is 5.32 Å². The van der Waals surface area contributed by atoms with Gasteiger partial charge >= 0.3 is 5.97 Å². The van der Waals surface area contributed by atoms with Crippen LogP contribution in [0.4, 0.5) is 0 Å². The van der Waals surface area contributed by atoms with Crippen molar-refractivity contribution in [3.8, 4) is 0 Å². The number of carbonyl (C=O) groups is 2. The van der Waals surface area contributed by atoms with E-state index in [-0.39, 0.29) is 17.8 Å². The Hall–Kier alpha value is -2.36. The van der Waals surface area contributed by atoms with Gasteiger partial charge in [0.2, 0.25) is 5.91 Å². The van der Waals surface area contributed by atoms with E-state index in [1.807, 2.05) is 42.5 Å². The first-order valence-electron chi connectivity index (χ1n) is 7.14. The number of ether oxygens (including phenoxy) is 1. The third-order valence-corrected chi connectivity index (χ3v) is 3.89. The molecule has 4 heteroatoms. The third kappa shape index (κ3) is 2.49. The van der Waals surface area contributed by atoms with Crippen LogP contribution in [0, 0.1) is 0 Å². The molecule has 2 aromatic carbocycles. The van der Waals surface area contributed by atoms with Crippen molar-refractivity contribution in [2.45, 2.75) is 25.3 Å². The normalized spacial score (nSPS) is 21.3. The minimum Gasteiger partial charge on any atom is -0.464 e. The summed E-state index contributed by atoms with van der Waals surface area (Å²) >= 11 is 0. The molecule has 2 unspecified atom stereocenters. The van der Waals surface area contributed by atoms with E-state index in [1.165, 1.54) is 0 Å². The molecule has 1 fully saturated rings. The maximum absolute atomic E-state index is 12.1. The molecule has 0 aliphatic carbocycles. The highest BCUT2D eigenvalue weighted by molar-refractivity contribution is 5.93. The van der Waals surface area contributed by atoms with Gasteiger partial charge < -0.3 is 10.1 Å². The van der Waals surface area contributed by atoms with E-state index >= 15 is 0 Å². The van der Waals surface area contributed by atoms with Crippen LogP contribution in [0.15, 0.2) is 42.5 Å². The summed E-state index contributed by atoms with van der Waals surface area (Å²) in [4.78, 5) is 23.8. The number of nitrogens with one attached hydrogen (secondary N) is 1. The Kier molecular flexibility index (Phi) is 3.60. The monoisotopic (exact) mass is 283 g/mol. The Bertz CT molecular complexity index is 690. The smallest absolute Gasteiger partial charge is 0.329 e. The molecule has 1 N–H and O–H groups in total. The predicted molar refractivity (Wildman–Crippen MR) is 79.9 cm³/mol. The molecule has 1 aliphatic heterocycles. The molecule has 21 heavy (non-hydrogen) atoms. The first kappa shape index (κ1) is 13.6. The van der Waals surface area contributed by atoms with Crippen molar-refractivity contribution >= 4 is 22.6 Å². The van der Waals surface area contributed by atoms with E-state index in [4.69, 9.17) is 4.74 Å². The number of rotatable bonds is 3. The standard InChI is InChI=1S/C17H17NO3/c1-2-21-17(20)16-14(10-15(19)18-16)13-9-5-7-11-6-3-4-8-12(11)13/h3-9,14,16H,2,10H2,1H3,(H,18,19). The fraction of sp³-hybridized carbons (Fsp3) is 0.294. The van der Waals surface area contributed by atoms with Gasteiger partial charge in [-0.05, 0) is 23.3 Å². The molecule has 0 saturated carbocycles. The lowest BCUT2D eigenvalue weighted by atomic mass is 9.88. The van der Waals surface area contributed by atoms with Crippen molar-refractivity contribution < 1.29 is 14.3 Å². The highest BCUT2D eigenvalue weighted by Gasteiger charge is 2.39. The van der Waals surface area contributed by atoms with Crippen LogP contribution in [0.1, 0.15) is 24.8 Å². The molecule has 2 aromatic rings. The van der Waals surface area contributed by atoms with Crippen molar-refractivity contribution in [1.29, 1.82) is 0 Å². The summed E-state index contributed by atoms with van der Waals surface area (Å²) in [5.74, 6) is -0.644. The van der Waals surface area contributed by atoms with E-state index in [9.17, 15) is 9.59 Å². The lowest BCUT2D eigenvalue weighted by molar-refractivity contribution is -0.146. The Morgan fingerprint density at radius 3 is 2.81 bits per heavy atom. The summed E-state index contributed by atoms with van der Waals surface area (Å²) in [5, 5.41) is 4.93. The number of benzene rings is 2. The van der Waals surface area contributed by atoms with Gasteiger partial charge in [-0.3, -0.25) is 4.79 Å². The summed E-state index contributed by atoms with van der Waals surface area (Å²) in [6, 6.07) is 13.4. The minimum absolute atomic E-state index is 0.106. The molecule has 0 aromatic heterocycles. The number of hydrogen-bond acceptors (Lipinski definition) is 3. The predicted octanol–water partition coefficient (Wildman–Crippen LogP) is 2.38. The molecule has 3 rings (SSSR count). The highest BCUT2D eigenvalue weighted by Crippen LogP contribution is 2.34. The van der Waals surface area contributed by atoms with E-state index in [1.54, 1.807) is 6.92 Å². The molecule has 0 spiro atoms. The average molecular weight is 283 g/mol. The SMILES string of the molecule is CCOC(=O)C1NC(=O)CC1c1cccc2ccccc12. The van der Waals surface area contributed by atoms with E-state index in [0.29, 0.717) is 13.0 Å². The number of amides is 1. The molecular weight excluding hydrogens is 266 g/mol. The van der Waals surface area contributed by atoms with E-state index in [2.05, 4.69) is 5.32 Å². The highest BCUT2D eigenvalue weighted by atomic mass is 16.5. The van der Waals surface area contributed by atoms with Gasteiger partial charge in [-0.15, -0.1) is 0 Å². The van der Waals surface area contributed by atoms with Crippen molar-refractivity contribution in [3.05, 3.63) is 48.0 Å². The Balaban J connectivity index is 2.03. The summed E-state index contributed by atoms with van der Waals surface area (Å²) < 4.78 is 5.08. The Morgan fingerprint density at radius 1 is 1.24 bits per heavy atom. The van der Waals surface area contributed by atoms with Gasteiger partial charge in [0.05, 0.1) is 6.61 Å². The molecule has 0 radical (unpaired) electrons. The van der Waals surface area contributed by atoms with Gasteiger partial charge in [-0.1, -0.05) is 42.5 Å². The molecule has 108 valence electrons. The minimum atomic E-state index is -0.594. The largest absolute Gasteiger partial charge is 0.464 e. The number of carbonyl (C=O) groups excluding carboxylic acids is 2. The molecule has 0 bridgehead atoms. The van der Waals surface area contributed by atoms with Crippen LogP contribution in [-0.2, 0) is 14.3 Å². The first-order valence-corrected chi connectivity index (χ1v) is 7.14. The fourth-order valence-corrected chi connectivity index (χ4v) is 2.97. The zero-order valence-electron chi connectivity index (χ0n) is 11.8. The van der Waals surface area contributed by atoms with Crippen LogP contribution in [0.3, 0.4) is 0 Å². The second-order valence-electron chi connectivity index (χ2n) is 5.18. The Labute approximate surface area is 123 Å². The number of fused-ring (bicyclic) bond motifs is 1. The van der Waals surface area contributed by atoms with E-state index in [0.717, 1.165) is 16.3 Å². The van der Waals surface area contributed by atoms with Gasteiger partial charge in [-0.25, -0.2) is 4.79 Å². The number of hydrogen-bond donors (Lipinski definition) is 1. The molecule has 1 aliphatic rings. The summed E-state index contributed by atoms with van der Waals surface area (Å²) in [5.41, 5.74) is 1.02. The quantitative estimate of drug-likeness (QED) is 0.880. The molecule has 1 saturated heterocycles. The zero-order valence-corrected chi connectivity index (χ0v) is 11.8. The topological polar surface area (TPSA) is 55.4 Å². The second-order valence-corrected chi connectivity index (χ2v) is 5.18. The average Bonchev–Trinajstić information content (AvgIpc) is 2.89. The van der Waals surface area contributed by atoms with E-state index < -0.39 is 6.04 Å². The van der Waals surface area contributed by atoms with Crippen LogP contribution >= 0.6 is 0 Å². The Morgan fingerprint density at radius 2 is 2.00 bits per heavy atom. The summed E-state index contributed by atoms with van der Waals surface area (Å²) in [6.45, 7) is 2.08. The second kappa shape index (κ2) is 5.56. The maximum atomic E-state index is 12.1. The molecular formula is C17H17NO3. The van der Waals surface area contributed by atoms with Gasteiger partial charge in [0.1, 0.15) is 6.04 Å². The van der Waals surface area contributed by atoms with Crippen LogP contribution in [0.5, 0.6) is 0 Å². The molecule has 1 amide bonds. The number of esters is 1. The fourth-order valence-electron chi connectivity index (χ4n) is 2.97. The zero-order chi connectivity index (χ0) is 14.8. The molecule has 4 nitrogen and oxygen atoms in total. The van der Waals surface area contributed by atoms with Gasteiger partial charge in [0.15, 0.2) is 0 Å². The van der Waals surface area contributed by atoms with Crippen molar-refractivity contribution in [3.63, 3.8) is 0 Å². The van der Waals surface area contributed by atoms with Gasteiger partial charge in [0, 0.05) is 12.3 Å². The summed E-state index contributed by atoms with van der Waals surface area (Å²) in [6.07, 6.45) is 0.317. The van der Waals surface area contributed by atoms with Crippen molar-refractivity contribution in [2.24, 2.45) is 0 Å². The summed E-state index contributed by atoms with van der Waals surface area (Å²) in [7, 11) is 0. The van der Waals surface area contributed by atoms with Crippen LogP contribution in [-0.4, -0.2) is 24.5 Å². The van der Waals surface area contributed by atoms with Crippen molar-refractivity contribution in [2.75, 3.05) is 6.61 Å². The first-order chi connectivity index (χ1) is 10.2. The lowest BCUT2D eigenvalue weighted by Crippen LogP contribution is -2.37. The van der Waals surface area contributed by atoms with Crippen LogP contribution in [0.2, 0.25) is 0 Å². The van der Waals surface area contributed by atoms with Gasteiger partial charge in [-0.2, -0.15) is 0 Å². The third-order valence-electron chi connectivity index (χ3n) is 3.89. The molecule has 2 atom stereocenters.